The van der Waals surface area contributed by atoms with Gasteiger partial charge in [0.05, 0.1) is 32.2 Å². The lowest BCUT2D eigenvalue weighted by molar-refractivity contribution is -0.931. The standard InChI is InChI=1S/C20H25N2S2.BrH/c1-22(2)16-7-8-17(22)12-15(11-16)13-20(14-21,18-5-3-9-23-18)19-6-4-10-24-19;/h3-6,9-10,15-17H,7-8,11-13H2,1-2H3;1H/q+1;/p-1. The van der Waals surface area contributed by atoms with Gasteiger partial charge in [-0.15, -0.1) is 22.7 Å². The first-order chi connectivity index (χ1) is 11.6. The zero-order valence-corrected chi connectivity index (χ0v) is 18.0. The topological polar surface area (TPSA) is 23.8 Å². The Balaban J connectivity index is 0.00000182. The lowest BCUT2D eigenvalue weighted by Gasteiger charge is -2.45. The summed E-state index contributed by atoms with van der Waals surface area (Å²) in [6.07, 6.45) is 6.28. The summed E-state index contributed by atoms with van der Waals surface area (Å²) < 4.78 is 1.20. The van der Waals surface area contributed by atoms with Crippen LogP contribution in [-0.2, 0) is 5.41 Å². The lowest BCUT2D eigenvalue weighted by atomic mass is 9.73. The number of halogens is 1. The molecule has 4 rings (SSSR count). The van der Waals surface area contributed by atoms with Crippen molar-refractivity contribution in [3.05, 3.63) is 44.8 Å². The van der Waals surface area contributed by atoms with Crippen molar-refractivity contribution in [2.24, 2.45) is 5.92 Å². The van der Waals surface area contributed by atoms with Gasteiger partial charge in [0.15, 0.2) is 0 Å². The van der Waals surface area contributed by atoms with Crippen molar-refractivity contribution >= 4 is 22.7 Å². The van der Waals surface area contributed by atoms with E-state index in [2.05, 4.69) is 55.2 Å². The molecule has 0 radical (unpaired) electrons. The number of quaternary nitrogens is 1. The van der Waals surface area contributed by atoms with E-state index in [4.69, 9.17) is 0 Å². The number of hydrogen-bond donors (Lipinski definition) is 0. The van der Waals surface area contributed by atoms with Gasteiger partial charge in [-0.25, -0.2) is 0 Å². The minimum atomic E-state index is -0.444. The number of hydrogen-bond acceptors (Lipinski definition) is 3. The van der Waals surface area contributed by atoms with E-state index in [1.807, 2.05) is 0 Å². The van der Waals surface area contributed by atoms with Crippen LogP contribution >= 0.6 is 22.7 Å². The van der Waals surface area contributed by atoms with Crippen LogP contribution in [0, 0.1) is 17.2 Å². The van der Waals surface area contributed by atoms with Crippen LogP contribution in [0.2, 0.25) is 0 Å². The third kappa shape index (κ3) is 3.12. The van der Waals surface area contributed by atoms with E-state index >= 15 is 0 Å². The van der Waals surface area contributed by atoms with Crippen molar-refractivity contribution in [1.82, 2.24) is 0 Å². The summed E-state index contributed by atoms with van der Waals surface area (Å²) in [6.45, 7) is 0. The van der Waals surface area contributed by atoms with Crippen LogP contribution in [0.3, 0.4) is 0 Å². The van der Waals surface area contributed by atoms with Gasteiger partial charge in [-0.3, -0.25) is 0 Å². The molecule has 0 spiro atoms. The van der Waals surface area contributed by atoms with Crippen molar-refractivity contribution in [3.8, 4) is 6.07 Å². The van der Waals surface area contributed by atoms with Crippen LogP contribution < -0.4 is 17.0 Å². The molecule has 2 bridgehead atoms. The molecule has 2 aromatic rings. The quantitative estimate of drug-likeness (QED) is 0.672. The van der Waals surface area contributed by atoms with E-state index < -0.39 is 5.41 Å². The van der Waals surface area contributed by atoms with Crippen LogP contribution in [-0.4, -0.2) is 30.7 Å². The largest absolute Gasteiger partial charge is 1.00 e. The second-order valence-electron chi connectivity index (χ2n) is 8.03. The Morgan fingerprint density at radius 1 is 1.08 bits per heavy atom. The average Bonchev–Trinajstić information content (AvgIpc) is 3.28. The third-order valence-electron chi connectivity index (χ3n) is 6.60. The summed E-state index contributed by atoms with van der Waals surface area (Å²) >= 11 is 3.48. The fourth-order valence-electron chi connectivity index (χ4n) is 5.11. The molecule has 0 N–H and O–H groups in total. The van der Waals surface area contributed by atoms with Gasteiger partial charge < -0.3 is 21.5 Å². The smallest absolute Gasteiger partial charge is 0.126 e. The molecule has 2 atom stereocenters. The Morgan fingerprint density at radius 3 is 2.00 bits per heavy atom. The SMILES string of the molecule is C[N+]1(C)C2CCC1CC(CC(C#N)(c1cccs1)c1cccs1)C2.[Br-]. The summed E-state index contributed by atoms with van der Waals surface area (Å²) in [7, 11) is 4.82. The first kappa shape index (κ1) is 19.1. The van der Waals surface area contributed by atoms with Crippen molar-refractivity contribution in [3.63, 3.8) is 0 Å². The maximum atomic E-state index is 10.3. The molecule has 5 heteroatoms. The molecule has 2 aromatic heterocycles. The predicted octanol–water partition coefficient (Wildman–Crippen LogP) is 2.03. The van der Waals surface area contributed by atoms with E-state index in [0.717, 1.165) is 18.5 Å². The Hall–Kier alpha value is -0.670. The molecule has 2 saturated heterocycles. The fourth-order valence-corrected chi connectivity index (χ4v) is 6.98. The molecule has 134 valence electrons. The van der Waals surface area contributed by atoms with Crippen molar-refractivity contribution in [1.29, 1.82) is 5.26 Å². The van der Waals surface area contributed by atoms with E-state index in [9.17, 15) is 5.26 Å². The maximum Gasteiger partial charge on any atom is 0.126 e. The molecule has 25 heavy (non-hydrogen) atoms. The molecule has 0 amide bonds. The molecule has 2 fully saturated rings. The first-order valence-electron chi connectivity index (χ1n) is 8.89. The van der Waals surface area contributed by atoms with E-state index in [1.165, 1.54) is 39.9 Å². The van der Waals surface area contributed by atoms with E-state index in [-0.39, 0.29) is 17.0 Å². The lowest BCUT2D eigenvalue weighted by Crippen LogP contribution is -3.00. The minimum Gasteiger partial charge on any atom is -1.00 e. The highest BCUT2D eigenvalue weighted by atomic mass is 79.9. The number of rotatable bonds is 4. The highest BCUT2D eigenvalue weighted by Gasteiger charge is 2.51. The van der Waals surface area contributed by atoms with Gasteiger partial charge in [0.25, 0.3) is 0 Å². The highest BCUT2D eigenvalue weighted by molar-refractivity contribution is 7.11. The Morgan fingerprint density at radius 2 is 1.60 bits per heavy atom. The molecule has 2 unspecified atom stereocenters. The molecule has 0 saturated carbocycles. The van der Waals surface area contributed by atoms with Gasteiger partial charge in [-0.05, 0) is 35.2 Å². The molecule has 4 heterocycles. The predicted molar refractivity (Wildman–Crippen MR) is 101 cm³/mol. The second-order valence-corrected chi connectivity index (χ2v) is 9.92. The van der Waals surface area contributed by atoms with Gasteiger partial charge in [0, 0.05) is 35.4 Å². The molecule has 0 aliphatic carbocycles. The second kappa shape index (κ2) is 7.15. The van der Waals surface area contributed by atoms with Crippen LogP contribution in [0.25, 0.3) is 0 Å². The van der Waals surface area contributed by atoms with Crippen LogP contribution in [0.15, 0.2) is 35.0 Å². The van der Waals surface area contributed by atoms with Crippen molar-refractivity contribution < 1.29 is 21.5 Å². The monoisotopic (exact) mass is 436 g/mol. The van der Waals surface area contributed by atoms with Crippen LogP contribution in [0.4, 0.5) is 0 Å². The van der Waals surface area contributed by atoms with Gasteiger partial charge in [0.1, 0.15) is 5.41 Å². The van der Waals surface area contributed by atoms with Crippen molar-refractivity contribution in [2.45, 2.75) is 49.6 Å². The van der Waals surface area contributed by atoms with Gasteiger partial charge in [-0.1, -0.05) is 12.1 Å². The summed E-state index contributed by atoms with van der Waals surface area (Å²) in [4.78, 5) is 2.44. The summed E-state index contributed by atoms with van der Waals surface area (Å²) in [5.74, 6) is 0.664. The molecular weight excluding hydrogens is 412 g/mol. The molecule has 0 aromatic carbocycles. The third-order valence-corrected chi connectivity index (χ3v) is 8.66. The van der Waals surface area contributed by atoms with Crippen molar-refractivity contribution in [2.75, 3.05) is 14.1 Å². The molecule has 2 aliphatic heterocycles. The summed E-state index contributed by atoms with van der Waals surface area (Å²) in [6, 6.07) is 12.8. The Bertz CT molecular complexity index is 680. The van der Waals surface area contributed by atoms with Crippen LogP contribution in [0.5, 0.6) is 0 Å². The van der Waals surface area contributed by atoms with Gasteiger partial charge >= 0.3 is 0 Å². The van der Waals surface area contributed by atoms with Gasteiger partial charge in [-0.2, -0.15) is 5.26 Å². The summed E-state index contributed by atoms with van der Waals surface area (Å²) in [5, 5.41) is 14.5. The van der Waals surface area contributed by atoms with Crippen LogP contribution in [0.1, 0.15) is 41.9 Å². The number of thiophene rings is 2. The zero-order valence-electron chi connectivity index (χ0n) is 14.8. The molecule has 2 aliphatic rings. The maximum absolute atomic E-state index is 10.3. The molecule has 2 nitrogen and oxygen atoms in total. The van der Waals surface area contributed by atoms with E-state index in [0.29, 0.717) is 5.92 Å². The number of nitrogens with zero attached hydrogens (tertiary/aromatic N) is 2. The first-order valence-corrected chi connectivity index (χ1v) is 10.6. The van der Waals surface area contributed by atoms with Gasteiger partial charge in [0.2, 0.25) is 0 Å². The van der Waals surface area contributed by atoms with E-state index in [1.54, 1.807) is 22.7 Å². The summed E-state index contributed by atoms with van der Waals surface area (Å²) in [5.41, 5.74) is -0.444. The number of nitriles is 1. The zero-order chi connectivity index (χ0) is 16.8. The minimum absolute atomic E-state index is 0. The Labute approximate surface area is 169 Å². The normalized spacial score (nSPS) is 27.5. The Kier molecular flexibility index (Phi) is 5.46. The highest BCUT2D eigenvalue weighted by Crippen LogP contribution is 2.49. The number of fused-ring (bicyclic) bond motifs is 2. The average molecular weight is 437 g/mol. The fraction of sp³-hybridized carbons (Fsp3) is 0.550. The molecular formula is C20H25BrN2S2. The number of piperidine rings is 1.